The second kappa shape index (κ2) is 9.74. The summed E-state index contributed by atoms with van der Waals surface area (Å²) in [5.74, 6) is 0.972. The maximum atomic E-state index is 13.0. The number of aromatic nitrogens is 1. The average Bonchev–Trinajstić information content (AvgIpc) is 2.79. The van der Waals surface area contributed by atoms with Gasteiger partial charge in [-0.25, -0.2) is 8.42 Å². The lowest BCUT2D eigenvalue weighted by atomic mass is 9.98. The number of benzene rings is 1. The molecule has 174 valence electrons. The number of hydrogen-bond acceptors (Lipinski definition) is 6. The minimum absolute atomic E-state index is 0.00517. The molecule has 0 saturated carbocycles. The topological polar surface area (TPSA) is 98.2 Å². The van der Waals surface area contributed by atoms with Crippen LogP contribution in [0.3, 0.4) is 0 Å². The summed E-state index contributed by atoms with van der Waals surface area (Å²) in [6.45, 7) is 4.77. The molecule has 1 aliphatic heterocycles. The van der Waals surface area contributed by atoms with Gasteiger partial charge in [-0.1, -0.05) is 13.8 Å². The highest BCUT2D eigenvalue weighted by molar-refractivity contribution is 7.89. The molecule has 0 bridgehead atoms. The van der Waals surface area contributed by atoms with Crippen LogP contribution in [-0.4, -0.2) is 62.0 Å². The fraction of sp³-hybridized carbons (Fsp3) is 0.455. The van der Waals surface area contributed by atoms with Crippen LogP contribution in [0, 0.1) is 0 Å². The minimum Gasteiger partial charge on any atom is -0.493 e. The van der Waals surface area contributed by atoms with Gasteiger partial charge < -0.3 is 18.9 Å². The van der Waals surface area contributed by atoms with Crippen molar-refractivity contribution in [1.29, 1.82) is 0 Å². The Morgan fingerprint density at radius 3 is 2.28 bits per heavy atom. The number of carbonyl (C=O) groups is 1. The van der Waals surface area contributed by atoms with E-state index in [0.717, 1.165) is 15.7 Å². The van der Waals surface area contributed by atoms with Gasteiger partial charge in [0, 0.05) is 38.4 Å². The fourth-order valence-corrected chi connectivity index (χ4v) is 5.32. The summed E-state index contributed by atoms with van der Waals surface area (Å²) in [6, 6.07) is 6.25. The van der Waals surface area contributed by atoms with Crippen LogP contribution in [0.15, 0.2) is 40.2 Å². The fourth-order valence-electron chi connectivity index (χ4n) is 3.84. The summed E-state index contributed by atoms with van der Waals surface area (Å²) in [5.41, 5.74) is 1.60. The number of amides is 1. The van der Waals surface area contributed by atoms with Crippen LogP contribution >= 0.6 is 0 Å². The third-order valence-electron chi connectivity index (χ3n) is 5.68. The Bertz CT molecular complexity index is 1150. The molecule has 2 aromatic rings. The highest BCUT2D eigenvalue weighted by atomic mass is 32.2. The average molecular weight is 464 g/mol. The molecule has 0 radical (unpaired) electrons. The standard InChI is InChI=1S/C22H29N3O6S/c1-5-25(6-2)32(28,29)18-7-8-21(26)24(14-18)15-22(27)23-10-9-16-11-19(30-3)20(31-4)12-17(16)13-23/h7-8,11-12,14H,5-6,9-10,13,15H2,1-4H3. The van der Waals surface area contributed by atoms with E-state index in [1.54, 1.807) is 33.0 Å². The minimum atomic E-state index is -3.73. The molecule has 0 aliphatic carbocycles. The van der Waals surface area contributed by atoms with E-state index in [1.807, 2.05) is 12.1 Å². The summed E-state index contributed by atoms with van der Waals surface area (Å²) >= 11 is 0. The van der Waals surface area contributed by atoms with Gasteiger partial charge in [-0.3, -0.25) is 9.59 Å². The van der Waals surface area contributed by atoms with Gasteiger partial charge in [0.2, 0.25) is 15.9 Å². The lowest BCUT2D eigenvalue weighted by molar-refractivity contribution is -0.132. The molecule has 2 heterocycles. The molecule has 1 amide bonds. The van der Waals surface area contributed by atoms with Crippen LogP contribution in [0.2, 0.25) is 0 Å². The van der Waals surface area contributed by atoms with Crippen LogP contribution in [0.25, 0.3) is 0 Å². The highest BCUT2D eigenvalue weighted by Crippen LogP contribution is 2.33. The molecule has 10 heteroatoms. The summed E-state index contributed by atoms with van der Waals surface area (Å²) in [5, 5.41) is 0. The van der Waals surface area contributed by atoms with Crippen molar-refractivity contribution < 1.29 is 22.7 Å². The molecule has 1 aromatic heterocycles. The van der Waals surface area contributed by atoms with E-state index in [0.29, 0.717) is 44.1 Å². The van der Waals surface area contributed by atoms with Crippen molar-refractivity contribution in [2.45, 2.75) is 38.3 Å². The predicted octanol–water partition coefficient (Wildman–Crippen LogP) is 1.48. The molecule has 0 unspecified atom stereocenters. The third-order valence-corrected chi connectivity index (χ3v) is 7.71. The molecule has 0 N–H and O–H groups in total. The van der Waals surface area contributed by atoms with E-state index < -0.39 is 15.6 Å². The number of ether oxygens (including phenoxy) is 2. The van der Waals surface area contributed by atoms with Gasteiger partial charge in [-0.2, -0.15) is 4.31 Å². The molecule has 0 spiro atoms. The zero-order valence-electron chi connectivity index (χ0n) is 18.8. The Hall–Kier alpha value is -2.85. The largest absolute Gasteiger partial charge is 0.493 e. The summed E-state index contributed by atoms with van der Waals surface area (Å²) in [7, 11) is -0.597. The SMILES string of the molecule is CCN(CC)S(=O)(=O)c1ccc(=O)n(CC(=O)N2CCc3cc(OC)c(OC)cc3C2)c1. The quantitative estimate of drug-likeness (QED) is 0.588. The van der Waals surface area contributed by atoms with Gasteiger partial charge >= 0.3 is 0 Å². The van der Waals surface area contributed by atoms with Crippen LogP contribution in [0.5, 0.6) is 11.5 Å². The number of methoxy groups -OCH3 is 2. The summed E-state index contributed by atoms with van der Waals surface area (Å²) < 4.78 is 38.7. The maximum Gasteiger partial charge on any atom is 0.251 e. The smallest absolute Gasteiger partial charge is 0.251 e. The molecular formula is C22H29N3O6S. The lowest BCUT2D eigenvalue weighted by Crippen LogP contribution is -2.40. The van der Waals surface area contributed by atoms with E-state index in [-0.39, 0.29) is 17.3 Å². The number of rotatable bonds is 8. The van der Waals surface area contributed by atoms with Crippen molar-refractivity contribution >= 4 is 15.9 Å². The number of fused-ring (bicyclic) bond motifs is 1. The molecule has 9 nitrogen and oxygen atoms in total. The first-order valence-electron chi connectivity index (χ1n) is 10.5. The zero-order valence-corrected chi connectivity index (χ0v) is 19.6. The van der Waals surface area contributed by atoms with E-state index in [1.165, 1.54) is 22.6 Å². The molecule has 0 saturated heterocycles. The molecule has 3 rings (SSSR count). The first-order valence-corrected chi connectivity index (χ1v) is 11.9. The molecule has 32 heavy (non-hydrogen) atoms. The number of carbonyl (C=O) groups excluding carboxylic acids is 1. The van der Waals surface area contributed by atoms with E-state index in [2.05, 4.69) is 0 Å². The van der Waals surface area contributed by atoms with Crippen LogP contribution in [-0.2, 0) is 34.3 Å². The summed E-state index contributed by atoms with van der Waals surface area (Å²) in [6.07, 6.45) is 1.90. The second-order valence-electron chi connectivity index (χ2n) is 7.46. The predicted molar refractivity (Wildman–Crippen MR) is 119 cm³/mol. The van der Waals surface area contributed by atoms with Gasteiger partial charge in [0.05, 0.1) is 19.1 Å². The normalized spacial score (nSPS) is 13.7. The molecule has 0 atom stereocenters. The third kappa shape index (κ3) is 4.66. The Morgan fingerprint density at radius 2 is 1.69 bits per heavy atom. The Kier molecular flexibility index (Phi) is 7.25. The molecule has 1 aliphatic rings. The van der Waals surface area contributed by atoms with Crippen molar-refractivity contribution in [2.75, 3.05) is 33.9 Å². The number of sulfonamides is 1. The molecule has 0 fully saturated rings. The number of nitrogens with zero attached hydrogens (tertiary/aromatic N) is 3. The van der Waals surface area contributed by atoms with Crippen molar-refractivity contribution in [3.05, 3.63) is 51.9 Å². The van der Waals surface area contributed by atoms with Crippen LogP contribution in [0.1, 0.15) is 25.0 Å². The van der Waals surface area contributed by atoms with E-state index >= 15 is 0 Å². The Balaban J connectivity index is 1.82. The number of pyridine rings is 1. The van der Waals surface area contributed by atoms with E-state index in [9.17, 15) is 18.0 Å². The van der Waals surface area contributed by atoms with Crippen molar-refractivity contribution in [3.63, 3.8) is 0 Å². The van der Waals surface area contributed by atoms with Gasteiger partial charge in [0.15, 0.2) is 11.5 Å². The van der Waals surface area contributed by atoms with Gasteiger partial charge in [0.25, 0.3) is 5.56 Å². The summed E-state index contributed by atoms with van der Waals surface area (Å²) in [4.78, 5) is 26.9. The van der Waals surface area contributed by atoms with Crippen molar-refractivity contribution in [2.24, 2.45) is 0 Å². The Labute approximate surface area is 188 Å². The second-order valence-corrected chi connectivity index (χ2v) is 9.40. The van der Waals surface area contributed by atoms with Crippen molar-refractivity contribution in [3.8, 4) is 11.5 Å². The molecular weight excluding hydrogens is 434 g/mol. The maximum absolute atomic E-state index is 13.0. The van der Waals surface area contributed by atoms with Crippen LogP contribution in [0.4, 0.5) is 0 Å². The number of hydrogen-bond donors (Lipinski definition) is 0. The molecule has 1 aromatic carbocycles. The van der Waals surface area contributed by atoms with E-state index in [4.69, 9.17) is 9.47 Å². The van der Waals surface area contributed by atoms with Gasteiger partial charge in [0.1, 0.15) is 6.54 Å². The first kappa shape index (κ1) is 23.8. The van der Waals surface area contributed by atoms with Gasteiger partial charge in [-0.05, 0) is 35.7 Å². The first-order chi connectivity index (χ1) is 15.2. The Morgan fingerprint density at radius 1 is 1.06 bits per heavy atom. The van der Waals surface area contributed by atoms with Gasteiger partial charge in [-0.15, -0.1) is 0 Å². The monoisotopic (exact) mass is 463 g/mol. The highest BCUT2D eigenvalue weighted by Gasteiger charge is 2.25. The van der Waals surface area contributed by atoms with Crippen LogP contribution < -0.4 is 15.0 Å². The zero-order chi connectivity index (χ0) is 23.5. The van der Waals surface area contributed by atoms with Crippen molar-refractivity contribution in [1.82, 2.24) is 13.8 Å². The lowest BCUT2D eigenvalue weighted by Gasteiger charge is -2.30.